The SMILES string of the molecule is Cc1oc(-c2ccccc2)nc1CN(C)CCC(=O)O.Cl. The van der Waals surface area contributed by atoms with E-state index in [1.54, 1.807) is 0 Å². The summed E-state index contributed by atoms with van der Waals surface area (Å²) in [6.07, 6.45) is 0.124. The molecule has 1 aromatic heterocycles. The highest BCUT2D eigenvalue weighted by Gasteiger charge is 2.13. The summed E-state index contributed by atoms with van der Waals surface area (Å²) in [6, 6.07) is 9.72. The summed E-state index contributed by atoms with van der Waals surface area (Å²) in [6.45, 7) is 2.94. The lowest BCUT2D eigenvalue weighted by molar-refractivity contribution is -0.137. The Kier molecular flexibility index (Phi) is 6.39. The molecule has 1 aromatic carbocycles. The maximum absolute atomic E-state index is 10.6. The lowest BCUT2D eigenvalue weighted by atomic mass is 10.2. The van der Waals surface area contributed by atoms with Crippen LogP contribution in [0.4, 0.5) is 0 Å². The van der Waals surface area contributed by atoms with Gasteiger partial charge in [-0.15, -0.1) is 12.4 Å². The zero-order valence-corrected chi connectivity index (χ0v) is 12.9. The number of hydrogen-bond donors (Lipinski definition) is 1. The van der Waals surface area contributed by atoms with E-state index in [-0.39, 0.29) is 18.8 Å². The first-order valence-electron chi connectivity index (χ1n) is 6.48. The predicted molar refractivity (Wildman–Crippen MR) is 82.5 cm³/mol. The van der Waals surface area contributed by atoms with E-state index in [9.17, 15) is 4.79 Å². The molecular weight excluding hydrogens is 292 g/mol. The number of halogens is 1. The molecule has 0 aliphatic carbocycles. The van der Waals surface area contributed by atoms with Crippen LogP contribution in [-0.2, 0) is 11.3 Å². The smallest absolute Gasteiger partial charge is 0.304 e. The van der Waals surface area contributed by atoms with E-state index in [1.807, 2.05) is 49.2 Å². The van der Waals surface area contributed by atoms with Crippen LogP contribution >= 0.6 is 12.4 Å². The Morgan fingerprint density at radius 2 is 2.00 bits per heavy atom. The van der Waals surface area contributed by atoms with Crippen molar-refractivity contribution in [3.63, 3.8) is 0 Å². The van der Waals surface area contributed by atoms with Gasteiger partial charge in [-0.25, -0.2) is 4.98 Å². The van der Waals surface area contributed by atoms with Crippen molar-refractivity contribution >= 4 is 18.4 Å². The van der Waals surface area contributed by atoms with Gasteiger partial charge in [0, 0.05) is 18.7 Å². The number of aromatic nitrogens is 1. The van der Waals surface area contributed by atoms with Crippen molar-refractivity contribution in [1.29, 1.82) is 0 Å². The Balaban J connectivity index is 0.00000220. The van der Waals surface area contributed by atoms with Crippen molar-refractivity contribution in [3.05, 3.63) is 41.8 Å². The number of oxazole rings is 1. The normalized spacial score (nSPS) is 10.4. The standard InChI is InChI=1S/C15H18N2O3.ClH/c1-11-13(10-17(2)9-8-14(18)19)16-15(20-11)12-6-4-3-5-7-12;/h3-7H,8-10H2,1-2H3,(H,18,19);1H. The molecule has 0 radical (unpaired) electrons. The van der Waals surface area contributed by atoms with Crippen LogP contribution in [0.2, 0.25) is 0 Å². The van der Waals surface area contributed by atoms with Crippen LogP contribution in [0.1, 0.15) is 17.9 Å². The Labute approximate surface area is 130 Å². The first kappa shape index (κ1) is 17.2. The summed E-state index contributed by atoms with van der Waals surface area (Å²) in [5.74, 6) is 0.578. The number of aliphatic carboxylic acids is 1. The largest absolute Gasteiger partial charge is 0.481 e. The van der Waals surface area contributed by atoms with Crippen molar-refractivity contribution in [1.82, 2.24) is 9.88 Å². The molecule has 0 bridgehead atoms. The van der Waals surface area contributed by atoms with Crippen molar-refractivity contribution in [2.75, 3.05) is 13.6 Å². The molecule has 6 heteroatoms. The summed E-state index contributed by atoms with van der Waals surface area (Å²) in [5, 5.41) is 8.68. The van der Waals surface area contributed by atoms with Crippen LogP contribution in [0, 0.1) is 6.92 Å². The van der Waals surface area contributed by atoms with E-state index in [4.69, 9.17) is 9.52 Å². The van der Waals surface area contributed by atoms with Gasteiger partial charge in [-0.1, -0.05) is 18.2 Å². The summed E-state index contributed by atoms with van der Waals surface area (Å²) in [4.78, 5) is 17.0. The maximum atomic E-state index is 10.6. The van der Waals surface area contributed by atoms with E-state index in [0.29, 0.717) is 19.0 Å². The Morgan fingerprint density at radius 3 is 2.62 bits per heavy atom. The second-order valence-corrected chi connectivity index (χ2v) is 4.77. The van der Waals surface area contributed by atoms with E-state index in [2.05, 4.69) is 4.98 Å². The summed E-state index contributed by atoms with van der Waals surface area (Å²) in [5.41, 5.74) is 1.78. The van der Waals surface area contributed by atoms with Crippen LogP contribution in [0.3, 0.4) is 0 Å². The monoisotopic (exact) mass is 310 g/mol. The lowest BCUT2D eigenvalue weighted by Gasteiger charge is -2.13. The topological polar surface area (TPSA) is 66.6 Å². The lowest BCUT2D eigenvalue weighted by Crippen LogP contribution is -2.21. The number of aryl methyl sites for hydroxylation is 1. The first-order chi connectivity index (χ1) is 9.56. The minimum atomic E-state index is -0.793. The maximum Gasteiger partial charge on any atom is 0.304 e. The number of benzene rings is 1. The van der Waals surface area contributed by atoms with Gasteiger partial charge in [0.15, 0.2) is 0 Å². The van der Waals surface area contributed by atoms with Gasteiger partial charge in [-0.3, -0.25) is 9.69 Å². The quantitative estimate of drug-likeness (QED) is 0.888. The van der Waals surface area contributed by atoms with Gasteiger partial charge >= 0.3 is 5.97 Å². The fraction of sp³-hybridized carbons (Fsp3) is 0.333. The molecule has 1 N–H and O–H groups in total. The number of hydrogen-bond acceptors (Lipinski definition) is 4. The second-order valence-electron chi connectivity index (χ2n) is 4.77. The van der Waals surface area contributed by atoms with Crippen LogP contribution in [0.25, 0.3) is 11.5 Å². The van der Waals surface area contributed by atoms with Gasteiger partial charge in [0.2, 0.25) is 5.89 Å². The fourth-order valence-electron chi connectivity index (χ4n) is 1.90. The van der Waals surface area contributed by atoms with Gasteiger partial charge in [0.05, 0.1) is 12.1 Å². The van der Waals surface area contributed by atoms with Gasteiger partial charge < -0.3 is 9.52 Å². The molecule has 0 saturated carbocycles. The van der Waals surface area contributed by atoms with Gasteiger partial charge in [-0.2, -0.15) is 0 Å². The molecule has 2 aromatic rings. The molecule has 21 heavy (non-hydrogen) atoms. The van der Waals surface area contributed by atoms with Crippen LogP contribution in [0.5, 0.6) is 0 Å². The van der Waals surface area contributed by atoms with Gasteiger partial charge in [-0.05, 0) is 26.1 Å². The molecule has 114 valence electrons. The van der Waals surface area contributed by atoms with Crippen molar-refractivity contribution in [2.24, 2.45) is 0 Å². The highest BCUT2D eigenvalue weighted by molar-refractivity contribution is 5.85. The molecule has 0 amide bonds. The van der Waals surface area contributed by atoms with E-state index in [1.165, 1.54) is 0 Å². The van der Waals surface area contributed by atoms with Gasteiger partial charge in [0.25, 0.3) is 0 Å². The minimum Gasteiger partial charge on any atom is -0.481 e. The average Bonchev–Trinajstić information content (AvgIpc) is 2.79. The highest BCUT2D eigenvalue weighted by atomic mass is 35.5. The van der Waals surface area contributed by atoms with Crippen LogP contribution in [0.15, 0.2) is 34.7 Å². The molecule has 0 spiro atoms. The van der Waals surface area contributed by atoms with E-state index in [0.717, 1.165) is 17.0 Å². The average molecular weight is 311 g/mol. The molecule has 0 unspecified atom stereocenters. The van der Waals surface area contributed by atoms with Crippen LogP contribution < -0.4 is 0 Å². The summed E-state index contributed by atoms with van der Waals surface area (Å²) >= 11 is 0. The molecule has 0 fully saturated rings. The molecule has 0 saturated heterocycles. The van der Waals surface area contributed by atoms with E-state index >= 15 is 0 Å². The molecule has 0 atom stereocenters. The van der Waals surface area contributed by atoms with Crippen molar-refractivity contribution in [3.8, 4) is 11.5 Å². The molecule has 1 heterocycles. The fourth-order valence-corrected chi connectivity index (χ4v) is 1.90. The molecule has 2 rings (SSSR count). The number of rotatable bonds is 6. The molecule has 0 aliphatic rings. The molecule has 0 aliphatic heterocycles. The third kappa shape index (κ3) is 4.88. The molecular formula is C15H19ClN2O3. The predicted octanol–water partition coefficient (Wildman–Crippen LogP) is 2.98. The highest BCUT2D eigenvalue weighted by Crippen LogP contribution is 2.21. The van der Waals surface area contributed by atoms with Crippen molar-refractivity contribution in [2.45, 2.75) is 19.9 Å². The molecule has 5 nitrogen and oxygen atoms in total. The second kappa shape index (κ2) is 7.81. The number of nitrogens with zero attached hydrogens (tertiary/aromatic N) is 2. The van der Waals surface area contributed by atoms with E-state index < -0.39 is 5.97 Å². The number of carboxylic acid groups (broad SMARTS) is 1. The number of carbonyl (C=O) groups is 1. The Hall–Kier alpha value is -1.85. The van der Waals surface area contributed by atoms with Gasteiger partial charge in [0.1, 0.15) is 5.76 Å². The third-order valence-electron chi connectivity index (χ3n) is 3.04. The number of carboxylic acids is 1. The Bertz CT molecular complexity index is 584. The minimum absolute atomic E-state index is 0. The zero-order chi connectivity index (χ0) is 14.5. The Morgan fingerprint density at radius 1 is 1.33 bits per heavy atom. The van der Waals surface area contributed by atoms with Crippen LogP contribution in [-0.4, -0.2) is 34.6 Å². The summed E-state index contributed by atoms with van der Waals surface area (Å²) in [7, 11) is 1.87. The van der Waals surface area contributed by atoms with Crippen molar-refractivity contribution < 1.29 is 14.3 Å². The zero-order valence-electron chi connectivity index (χ0n) is 12.1. The summed E-state index contributed by atoms with van der Waals surface area (Å²) < 4.78 is 5.67. The third-order valence-corrected chi connectivity index (χ3v) is 3.04. The first-order valence-corrected chi connectivity index (χ1v) is 6.48.